The van der Waals surface area contributed by atoms with E-state index >= 15 is 0 Å². The molecular formula is C14H20ClN3O. The molecule has 1 amide bonds. The third-order valence-electron chi connectivity index (χ3n) is 3.67. The second-order valence-electron chi connectivity index (χ2n) is 5.25. The van der Waals surface area contributed by atoms with E-state index in [4.69, 9.17) is 11.6 Å². The van der Waals surface area contributed by atoms with E-state index in [1.807, 2.05) is 0 Å². The molecule has 1 heterocycles. The van der Waals surface area contributed by atoms with Gasteiger partial charge in [-0.2, -0.15) is 0 Å². The van der Waals surface area contributed by atoms with E-state index in [9.17, 15) is 4.79 Å². The molecule has 104 valence electrons. The lowest BCUT2D eigenvalue weighted by molar-refractivity contribution is 0.0943. The third-order valence-corrected chi connectivity index (χ3v) is 3.87. The average molecular weight is 282 g/mol. The second-order valence-corrected chi connectivity index (χ2v) is 5.63. The van der Waals surface area contributed by atoms with Crippen LogP contribution in [-0.2, 0) is 0 Å². The first-order chi connectivity index (χ1) is 9.08. The second kappa shape index (κ2) is 5.78. The predicted molar refractivity (Wildman–Crippen MR) is 77.7 cm³/mol. The van der Waals surface area contributed by atoms with Gasteiger partial charge in [0, 0.05) is 19.2 Å². The van der Waals surface area contributed by atoms with Crippen LogP contribution < -0.4 is 10.6 Å². The molecule has 0 atom stereocenters. The van der Waals surface area contributed by atoms with Crippen LogP contribution in [0.15, 0.2) is 12.1 Å². The van der Waals surface area contributed by atoms with Crippen molar-refractivity contribution in [1.29, 1.82) is 0 Å². The normalized spacial score (nSPS) is 15.9. The zero-order chi connectivity index (χ0) is 13.9. The van der Waals surface area contributed by atoms with Crippen LogP contribution in [0.5, 0.6) is 0 Å². The van der Waals surface area contributed by atoms with Crippen LogP contribution in [-0.4, -0.2) is 24.5 Å². The standard InChI is InChI=1S/C14H20ClN3O/c1-3-4-14(5-6-14)9-17-13(19)10-7-11(15)18-12(8-10)16-2/h7-8H,3-6,9H2,1-2H3,(H,16,18)(H,17,19). The Morgan fingerprint density at radius 2 is 2.21 bits per heavy atom. The van der Waals surface area contributed by atoms with E-state index in [2.05, 4.69) is 22.5 Å². The van der Waals surface area contributed by atoms with Crippen LogP contribution in [0, 0.1) is 5.41 Å². The highest BCUT2D eigenvalue weighted by molar-refractivity contribution is 6.29. The van der Waals surface area contributed by atoms with Gasteiger partial charge in [-0.1, -0.05) is 24.9 Å². The van der Waals surface area contributed by atoms with E-state index in [1.54, 1.807) is 19.2 Å². The highest BCUT2D eigenvalue weighted by Gasteiger charge is 2.41. The molecule has 1 fully saturated rings. The summed E-state index contributed by atoms with van der Waals surface area (Å²) in [5.74, 6) is 0.524. The lowest BCUT2D eigenvalue weighted by atomic mass is 10.0. The molecule has 1 aliphatic rings. The van der Waals surface area contributed by atoms with Gasteiger partial charge < -0.3 is 10.6 Å². The molecule has 2 rings (SSSR count). The Hall–Kier alpha value is -1.29. The molecule has 0 radical (unpaired) electrons. The Morgan fingerprint density at radius 1 is 1.47 bits per heavy atom. The van der Waals surface area contributed by atoms with Crippen molar-refractivity contribution >= 4 is 23.3 Å². The Kier molecular flexibility index (Phi) is 4.30. The minimum Gasteiger partial charge on any atom is -0.373 e. The quantitative estimate of drug-likeness (QED) is 0.788. The van der Waals surface area contributed by atoms with Crippen molar-refractivity contribution in [2.24, 2.45) is 5.41 Å². The molecule has 4 nitrogen and oxygen atoms in total. The number of amides is 1. The largest absolute Gasteiger partial charge is 0.373 e. The molecule has 1 aliphatic carbocycles. The summed E-state index contributed by atoms with van der Waals surface area (Å²) < 4.78 is 0. The van der Waals surface area contributed by atoms with Crippen LogP contribution in [0.25, 0.3) is 0 Å². The van der Waals surface area contributed by atoms with Gasteiger partial charge in [-0.25, -0.2) is 4.98 Å². The Labute approximate surface area is 118 Å². The topological polar surface area (TPSA) is 54.0 Å². The fraction of sp³-hybridized carbons (Fsp3) is 0.571. The molecule has 0 unspecified atom stereocenters. The number of pyridine rings is 1. The van der Waals surface area contributed by atoms with Crippen LogP contribution in [0.3, 0.4) is 0 Å². The number of nitrogens with zero attached hydrogens (tertiary/aromatic N) is 1. The van der Waals surface area contributed by atoms with Crippen LogP contribution in [0.2, 0.25) is 5.15 Å². The zero-order valence-electron chi connectivity index (χ0n) is 11.4. The fourth-order valence-corrected chi connectivity index (χ4v) is 2.56. The number of hydrogen-bond acceptors (Lipinski definition) is 3. The minimum atomic E-state index is -0.0804. The van der Waals surface area contributed by atoms with E-state index in [0.717, 1.165) is 6.54 Å². The molecule has 0 bridgehead atoms. The van der Waals surface area contributed by atoms with Crippen molar-refractivity contribution in [2.75, 3.05) is 18.9 Å². The summed E-state index contributed by atoms with van der Waals surface area (Å²) in [6.45, 7) is 2.94. The van der Waals surface area contributed by atoms with Gasteiger partial charge in [-0.3, -0.25) is 4.79 Å². The van der Waals surface area contributed by atoms with Gasteiger partial charge in [0.25, 0.3) is 5.91 Å². The molecule has 1 saturated carbocycles. The van der Waals surface area contributed by atoms with Crippen molar-refractivity contribution in [2.45, 2.75) is 32.6 Å². The van der Waals surface area contributed by atoms with Gasteiger partial charge in [-0.05, 0) is 36.8 Å². The number of hydrogen-bond donors (Lipinski definition) is 2. The first-order valence-electron chi connectivity index (χ1n) is 6.72. The number of halogens is 1. The van der Waals surface area contributed by atoms with Gasteiger partial charge in [0.15, 0.2) is 0 Å². The number of carbonyl (C=O) groups is 1. The average Bonchev–Trinajstić information content (AvgIpc) is 3.16. The van der Waals surface area contributed by atoms with Gasteiger partial charge >= 0.3 is 0 Å². The molecule has 0 aliphatic heterocycles. The van der Waals surface area contributed by atoms with Gasteiger partial charge in [0.05, 0.1) is 0 Å². The summed E-state index contributed by atoms with van der Waals surface area (Å²) >= 11 is 5.89. The molecule has 5 heteroatoms. The molecule has 1 aromatic heterocycles. The Bertz CT molecular complexity index is 472. The molecule has 19 heavy (non-hydrogen) atoms. The smallest absolute Gasteiger partial charge is 0.251 e. The van der Waals surface area contributed by atoms with Gasteiger partial charge in [0.1, 0.15) is 11.0 Å². The monoisotopic (exact) mass is 281 g/mol. The molecule has 1 aromatic rings. The van der Waals surface area contributed by atoms with Crippen molar-refractivity contribution in [3.63, 3.8) is 0 Å². The molecule has 0 spiro atoms. The van der Waals surface area contributed by atoms with Gasteiger partial charge in [-0.15, -0.1) is 0 Å². The lowest BCUT2D eigenvalue weighted by Crippen LogP contribution is -2.30. The van der Waals surface area contributed by atoms with Crippen molar-refractivity contribution in [3.05, 3.63) is 22.8 Å². The summed E-state index contributed by atoms with van der Waals surface area (Å²) in [6.07, 6.45) is 4.80. The summed E-state index contributed by atoms with van der Waals surface area (Å²) in [4.78, 5) is 16.2. The maximum absolute atomic E-state index is 12.1. The number of nitrogens with one attached hydrogen (secondary N) is 2. The van der Waals surface area contributed by atoms with E-state index in [1.165, 1.54) is 25.7 Å². The van der Waals surface area contributed by atoms with Crippen LogP contribution >= 0.6 is 11.6 Å². The first-order valence-corrected chi connectivity index (χ1v) is 7.10. The zero-order valence-corrected chi connectivity index (χ0v) is 12.2. The van der Waals surface area contributed by atoms with Gasteiger partial charge in [0.2, 0.25) is 0 Å². The molecule has 0 aromatic carbocycles. The van der Waals surface area contributed by atoms with Crippen molar-refractivity contribution < 1.29 is 4.79 Å². The number of aromatic nitrogens is 1. The van der Waals surface area contributed by atoms with Crippen molar-refractivity contribution in [3.8, 4) is 0 Å². The number of rotatable bonds is 6. The minimum absolute atomic E-state index is 0.0804. The molecule has 2 N–H and O–H groups in total. The highest BCUT2D eigenvalue weighted by Crippen LogP contribution is 2.48. The number of carbonyl (C=O) groups excluding carboxylic acids is 1. The van der Waals surface area contributed by atoms with Crippen LogP contribution in [0.4, 0.5) is 5.82 Å². The summed E-state index contributed by atoms with van der Waals surface area (Å²) in [6, 6.07) is 3.30. The Morgan fingerprint density at radius 3 is 2.79 bits per heavy atom. The first kappa shape index (κ1) is 14.1. The maximum atomic E-state index is 12.1. The third kappa shape index (κ3) is 3.60. The predicted octanol–water partition coefficient (Wildman–Crippen LogP) is 3.09. The van der Waals surface area contributed by atoms with E-state index < -0.39 is 0 Å². The fourth-order valence-electron chi connectivity index (χ4n) is 2.35. The maximum Gasteiger partial charge on any atom is 0.251 e. The molecular weight excluding hydrogens is 262 g/mol. The van der Waals surface area contributed by atoms with E-state index in [0.29, 0.717) is 21.9 Å². The highest BCUT2D eigenvalue weighted by atomic mass is 35.5. The summed E-state index contributed by atoms with van der Waals surface area (Å²) in [5, 5.41) is 6.23. The van der Waals surface area contributed by atoms with Crippen molar-refractivity contribution in [1.82, 2.24) is 10.3 Å². The SMILES string of the molecule is CCCC1(CNC(=O)c2cc(Cl)nc(NC)c2)CC1. The Balaban J connectivity index is 1.98. The lowest BCUT2D eigenvalue weighted by Gasteiger charge is -2.15. The molecule has 0 saturated heterocycles. The summed E-state index contributed by atoms with van der Waals surface area (Å²) in [5.41, 5.74) is 0.907. The van der Waals surface area contributed by atoms with Crippen LogP contribution in [0.1, 0.15) is 43.0 Å². The summed E-state index contributed by atoms with van der Waals surface area (Å²) in [7, 11) is 1.75. The number of anilines is 1. The van der Waals surface area contributed by atoms with E-state index in [-0.39, 0.29) is 5.91 Å².